The van der Waals surface area contributed by atoms with Crippen LogP contribution >= 0.6 is 11.3 Å². The number of nitrogens with one attached hydrogen (secondary N) is 1. The molecule has 0 aliphatic carbocycles. The van der Waals surface area contributed by atoms with Gasteiger partial charge in [-0.25, -0.2) is 0 Å². The molecule has 1 N–H and O–H groups in total. The molecule has 0 spiro atoms. The van der Waals surface area contributed by atoms with E-state index in [2.05, 4.69) is 11.4 Å². The van der Waals surface area contributed by atoms with E-state index >= 15 is 0 Å². The average molecular weight is 266 g/mol. The number of hydrogen-bond acceptors (Lipinski definition) is 3. The number of carbonyl (C=O) groups is 2. The summed E-state index contributed by atoms with van der Waals surface area (Å²) in [5.41, 5.74) is 0. The summed E-state index contributed by atoms with van der Waals surface area (Å²) in [7, 11) is 0. The van der Waals surface area contributed by atoms with Crippen LogP contribution in [0.5, 0.6) is 0 Å². The van der Waals surface area contributed by atoms with Crippen LogP contribution < -0.4 is 5.32 Å². The van der Waals surface area contributed by atoms with Gasteiger partial charge in [0.05, 0.1) is 6.54 Å². The Labute approximate surface area is 111 Å². The summed E-state index contributed by atoms with van der Waals surface area (Å²) in [6, 6.07) is 3.79. The first-order valence-corrected chi connectivity index (χ1v) is 7.20. The Balaban J connectivity index is 2.01. The minimum Gasteiger partial charge on any atom is -0.345 e. The molecule has 2 heterocycles. The van der Waals surface area contributed by atoms with E-state index in [4.69, 9.17) is 0 Å². The highest BCUT2D eigenvalue weighted by Gasteiger charge is 2.33. The number of piperazine rings is 1. The molecule has 98 valence electrons. The molecule has 1 aliphatic rings. The van der Waals surface area contributed by atoms with Crippen molar-refractivity contribution in [2.75, 3.05) is 13.1 Å². The molecule has 1 aliphatic heterocycles. The largest absolute Gasteiger partial charge is 0.345 e. The van der Waals surface area contributed by atoms with Gasteiger partial charge in [0.1, 0.15) is 6.04 Å². The lowest BCUT2D eigenvalue weighted by Gasteiger charge is -2.34. The van der Waals surface area contributed by atoms with Crippen LogP contribution in [-0.2, 0) is 16.0 Å². The summed E-state index contributed by atoms with van der Waals surface area (Å²) >= 11 is 1.69. The molecule has 0 saturated carbocycles. The highest BCUT2D eigenvalue weighted by Crippen LogP contribution is 2.15. The number of nitrogens with zero attached hydrogens (tertiary/aromatic N) is 1. The predicted octanol–water partition coefficient (Wildman–Crippen LogP) is 1.42. The van der Waals surface area contributed by atoms with Gasteiger partial charge >= 0.3 is 0 Å². The summed E-state index contributed by atoms with van der Waals surface area (Å²) in [6.45, 7) is 2.81. The van der Waals surface area contributed by atoms with Gasteiger partial charge in [-0.3, -0.25) is 9.59 Å². The van der Waals surface area contributed by atoms with Gasteiger partial charge in [0.15, 0.2) is 0 Å². The van der Waals surface area contributed by atoms with Crippen LogP contribution in [0.4, 0.5) is 0 Å². The van der Waals surface area contributed by atoms with Crippen molar-refractivity contribution in [1.29, 1.82) is 0 Å². The highest BCUT2D eigenvalue weighted by molar-refractivity contribution is 7.09. The Morgan fingerprint density at radius 1 is 1.50 bits per heavy atom. The second kappa shape index (κ2) is 6.00. The lowest BCUT2D eigenvalue weighted by atomic mass is 10.1. The second-order valence-electron chi connectivity index (χ2n) is 4.44. The fourth-order valence-corrected chi connectivity index (χ4v) is 2.92. The smallest absolute Gasteiger partial charge is 0.243 e. The van der Waals surface area contributed by atoms with E-state index < -0.39 is 0 Å². The lowest BCUT2D eigenvalue weighted by molar-refractivity contribution is -0.145. The Hall–Kier alpha value is -1.36. The first kappa shape index (κ1) is 13.1. The molecule has 2 amide bonds. The maximum atomic E-state index is 11.9. The maximum absolute atomic E-state index is 11.9. The van der Waals surface area contributed by atoms with Crippen molar-refractivity contribution >= 4 is 23.2 Å². The van der Waals surface area contributed by atoms with Gasteiger partial charge in [0, 0.05) is 11.4 Å². The van der Waals surface area contributed by atoms with Crippen molar-refractivity contribution in [2.24, 2.45) is 0 Å². The third-order valence-electron chi connectivity index (χ3n) is 3.15. The fraction of sp³-hybridized carbons (Fsp3) is 0.538. The van der Waals surface area contributed by atoms with Crippen molar-refractivity contribution in [3.05, 3.63) is 22.4 Å². The summed E-state index contributed by atoms with van der Waals surface area (Å²) in [5, 5.41) is 4.69. The third-order valence-corrected chi connectivity index (χ3v) is 4.09. The number of thiophene rings is 1. The summed E-state index contributed by atoms with van der Waals surface area (Å²) < 4.78 is 0. The van der Waals surface area contributed by atoms with E-state index in [-0.39, 0.29) is 24.4 Å². The van der Waals surface area contributed by atoms with Gasteiger partial charge in [0.2, 0.25) is 11.8 Å². The molecule has 1 aromatic heterocycles. The molecule has 1 atom stereocenters. The topological polar surface area (TPSA) is 49.4 Å². The molecule has 1 fully saturated rings. The van der Waals surface area contributed by atoms with E-state index in [9.17, 15) is 9.59 Å². The van der Waals surface area contributed by atoms with Crippen LogP contribution in [0.15, 0.2) is 17.5 Å². The van der Waals surface area contributed by atoms with Crippen molar-refractivity contribution < 1.29 is 9.59 Å². The molecule has 0 radical (unpaired) electrons. The Kier molecular flexibility index (Phi) is 4.36. The first-order valence-electron chi connectivity index (χ1n) is 6.32. The van der Waals surface area contributed by atoms with Crippen molar-refractivity contribution in [3.63, 3.8) is 0 Å². The zero-order valence-corrected chi connectivity index (χ0v) is 11.3. The second-order valence-corrected chi connectivity index (χ2v) is 5.47. The number of carbonyl (C=O) groups excluding carboxylic acids is 2. The summed E-state index contributed by atoms with van der Waals surface area (Å²) in [4.78, 5) is 26.7. The molecule has 5 heteroatoms. The van der Waals surface area contributed by atoms with E-state index in [0.717, 1.165) is 19.3 Å². The SMILES string of the molecule is CCCC1C(=O)NCC(=O)N1CCc1cccs1. The number of hydrogen-bond donors (Lipinski definition) is 1. The van der Waals surface area contributed by atoms with E-state index in [0.29, 0.717) is 6.54 Å². The minimum atomic E-state index is -0.281. The van der Waals surface area contributed by atoms with Crippen molar-refractivity contribution in [1.82, 2.24) is 10.2 Å². The van der Waals surface area contributed by atoms with Gasteiger partial charge in [-0.15, -0.1) is 11.3 Å². The predicted molar refractivity (Wildman–Crippen MR) is 71.4 cm³/mol. The van der Waals surface area contributed by atoms with Gasteiger partial charge in [0.25, 0.3) is 0 Å². The first-order chi connectivity index (χ1) is 8.72. The van der Waals surface area contributed by atoms with Crippen LogP contribution in [0.2, 0.25) is 0 Å². The normalized spacial score (nSPS) is 20.1. The molecule has 0 aromatic carbocycles. The molecule has 18 heavy (non-hydrogen) atoms. The molecular weight excluding hydrogens is 248 g/mol. The average Bonchev–Trinajstić information content (AvgIpc) is 2.86. The lowest BCUT2D eigenvalue weighted by Crippen LogP contribution is -2.58. The van der Waals surface area contributed by atoms with Gasteiger partial charge in [-0.1, -0.05) is 19.4 Å². The zero-order chi connectivity index (χ0) is 13.0. The standard InChI is InChI=1S/C13H18N2O2S/c1-2-4-11-13(17)14-9-12(16)15(11)7-6-10-5-3-8-18-10/h3,5,8,11H,2,4,6-7,9H2,1H3,(H,14,17). The zero-order valence-electron chi connectivity index (χ0n) is 10.5. The number of amides is 2. The minimum absolute atomic E-state index is 0.0115. The van der Waals surface area contributed by atoms with Crippen molar-refractivity contribution in [3.8, 4) is 0 Å². The fourth-order valence-electron chi connectivity index (χ4n) is 2.22. The van der Waals surface area contributed by atoms with Gasteiger partial charge in [-0.2, -0.15) is 0 Å². The van der Waals surface area contributed by atoms with E-state index in [1.54, 1.807) is 16.2 Å². The molecule has 1 unspecified atom stereocenters. The molecular formula is C13H18N2O2S. The molecule has 4 nitrogen and oxygen atoms in total. The summed E-state index contributed by atoms with van der Waals surface area (Å²) in [6.07, 6.45) is 2.47. The highest BCUT2D eigenvalue weighted by atomic mass is 32.1. The van der Waals surface area contributed by atoms with Crippen LogP contribution in [0.25, 0.3) is 0 Å². The van der Waals surface area contributed by atoms with Crippen LogP contribution in [-0.4, -0.2) is 35.8 Å². The Bertz CT molecular complexity index is 417. The van der Waals surface area contributed by atoms with Gasteiger partial charge in [-0.05, 0) is 24.3 Å². The third kappa shape index (κ3) is 2.90. The molecule has 1 aromatic rings. The van der Waals surface area contributed by atoms with E-state index in [1.807, 2.05) is 18.4 Å². The monoisotopic (exact) mass is 266 g/mol. The molecule has 2 rings (SSSR count). The molecule has 0 bridgehead atoms. The summed E-state index contributed by atoms with van der Waals surface area (Å²) in [5.74, 6) is 0.0206. The van der Waals surface area contributed by atoms with Crippen LogP contribution in [0, 0.1) is 0 Å². The van der Waals surface area contributed by atoms with Crippen LogP contribution in [0.3, 0.4) is 0 Å². The maximum Gasteiger partial charge on any atom is 0.243 e. The Morgan fingerprint density at radius 3 is 3.00 bits per heavy atom. The van der Waals surface area contributed by atoms with E-state index in [1.165, 1.54) is 4.88 Å². The Morgan fingerprint density at radius 2 is 2.33 bits per heavy atom. The quantitative estimate of drug-likeness (QED) is 0.876. The van der Waals surface area contributed by atoms with Crippen molar-refractivity contribution in [2.45, 2.75) is 32.2 Å². The molecule has 1 saturated heterocycles. The van der Waals surface area contributed by atoms with Gasteiger partial charge < -0.3 is 10.2 Å². The van der Waals surface area contributed by atoms with Crippen LogP contribution in [0.1, 0.15) is 24.6 Å². The number of rotatable bonds is 5.